The van der Waals surface area contributed by atoms with Crippen LogP contribution in [0.15, 0.2) is 0 Å². The normalized spacial score (nSPS) is 14.0. The SMILES string of the molecule is CCCCC(CC)CC(Cl)(Cl)C(=O)O. The van der Waals surface area contributed by atoms with Gasteiger partial charge in [0.1, 0.15) is 0 Å². The number of carboxylic acid groups (broad SMARTS) is 1. The summed E-state index contributed by atoms with van der Waals surface area (Å²) in [6, 6.07) is 0. The first-order valence-electron chi connectivity index (χ1n) is 5.05. The summed E-state index contributed by atoms with van der Waals surface area (Å²) in [5.41, 5.74) is 0. The summed E-state index contributed by atoms with van der Waals surface area (Å²) in [5.74, 6) is -0.836. The van der Waals surface area contributed by atoms with Crippen molar-refractivity contribution in [1.82, 2.24) is 0 Å². The van der Waals surface area contributed by atoms with Gasteiger partial charge in [0.15, 0.2) is 0 Å². The molecular formula is C10H18Cl2O2. The van der Waals surface area contributed by atoms with Crippen molar-refractivity contribution < 1.29 is 9.90 Å². The van der Waals surface area contributed by atoms with Crippen molar-refractivity contribution in [2.45, 2.75) is 50.3 Å². The molecular weight excluding hydrogens is 223 g/mol. The molecule has 0 aromatic carbocycles. The highest BCUT2D eigenvalue weighted by Crippen LogP contribution is 2.32. The molecule has 84 valence electrons. The highest BCUT2D eigenvalue weighted by molar-refractivity contribution is 6.57. The zero-order valence-corrected chi connectivity index (χ0v) is 10.2. The summed E-state index contributed by atoms with van der Waals surface area (Å²) in [6.45, 7) is 4.14. The summed E-state index contributed by atoms with van der Waals surface area (Å²) < 4.78 is -1.62. The second-order valence-corrected chi connectivity index (χ2v) is 5.11. The molecule has 1 unspecified atom stereocenters. The minimum absolute atomic E-state index is 0.307. The fourth-order valence-corrected chi connectivity index (χ4v) is 1.83. The van der Waals surface area contributed by atoms with E-state index in [0.29, 0.717) is 12.3 Å². The van der Waals surface area contributed by atoms with Crippen molar-refractivity contribution in [3.63, 3.8) is 0 Å². The largest absolute Gasteiger partial charge is 0.479 e. The van der Waals surface area contributed by atoms with Crippen LogP contribution in [0.1, 0.15) is 46.0 Å². The maximum absolute atomic E-state index is 10.7. The lowest BCUT2D eigenvalue weighted by atomic mass is 9.94. The number of unbranched alkanes of at least 4 members (excludes halogenated alkanes) is 1. The Balaban J connectivity index is 4.09. The van der Waals surface area contributed by atoms with Crippen molar-refractivity contribution >= 4 is 29.2 Å². The van der Waals surface area contributed by atoms with Crippen molar-refractivity contribution in [2.24, 2.45) is 5.92 Å². The van der Waals surface area contributed by atoms with Crippen LogP contribution in [0.2, 0.25) is 0 Å². The number of hydrogen-bond donors (Lipinski definition) is 1. The van der Waals surface area contributed by atoms with E-state index in [9.17, 15) is 4.79 Å². The number of aliphatic carboxylic acids is 1. The molecule has 4 heteroatoms. The van der Waals surface area contributed by atoms with Crippen LogP contribution in [0.4, 0.5) is 0 Å². The fraction of sp³-hybridized carbons (Fsp3) is 0.900. The number of carbonyl (C=O) groups is 1. The molecule has 0 aliphatic rings. The number of hydrogen-bond acceptors (Lipinski definition) is 1. The Kier molecular flexibility index (Phi) is 6.54. The van der Waals surface area contributed by atoms with E-state index in [-0.39, 0.29) is 0 Å². The van der Waals surface area contributed by atoms with Gasteiger partial charge in [-0.05, 0) is 12.3 Å². The van der Waals surface area contributed by atoms with E-state index in [1.54, 1.807) is 0 Å². The van der Waals surface area contributed by atoms with Crippen molar-refractivity contribution in [3.8, 4) is 0 Å². The second kappa shape index (κ2) is 6.52. The van der Waals surface area contributed by atoms with Crippen LogP contribution >= 0.6 is 23.2 Å². The predicted octanol–water partition coefficient (Wildman–Crippen LogP) is 3.85. The van der Waals surface area contributed by atoms with Crippen LogP contribution in [0.3, 0.4) is 0 Å². The number of rotatable bonds is 7. The van der Waals surface area contributed by atoms with E-state index < -0.39 is 10.3 Å². The molecule has 1 N–H and O–H groups in total. The van der Waals surface area contributed by atoms with Crippen LogP contribution < -0.4 is 0 Å². The van der Waals surface area contributed by atoms with Gasteiger partial charge in [-0.15, -0.1) is 0 Å². The van der Waals surface area contributed by atoms with Gasteiger partial charge < -0.3 is 5.11 Å². The third-order valence-corrected chi connectivity index (χ3v) is 3.03. The van der Waals surface area contributed by atoms with E-state index in [4.69, 9.17) is 28.3 Å². The molecule has 0 radical (unpaired) electrons. The van der Waals surface area contributed by atoms with Crippen LogP contribution in [-0.2, 0) is 4.79 Å². The van der Waals surface area contributed by atoms with Gasteiger partial charge in [-0.3, -0.25) is 0 Å². The molecule has 0 rings (SSSR count). The Labute approximate surface area is 95.6 Å². The number of alkyl halides is 2. The lowest BCUT2D eigenvalue weighted by Gasteiger charge is -2.21. The molecule has 0 aliphatic carbocycles. The van der Waals surface area contributed by atoms with Gasteiger partial charge in [0, 0.05) is 0 Å². The number of halogens is 2. The Hall–Kier alpha value is 0.0500. The van der Waals surface area contributed by atoms with Gasteiger partial charge in [-0.2, -0.15) is 0 Å². The van der Waals surface area contributed by atoms with Gasteiger partial charge in [0.05, 0.1) is 0 Å². The minimum Gasteiger partial charge on any atom is -0.479 e. The molecule has 0 aromatic rings. The minimum atomic E-state index is -1.62. The summed E-state index contributed by atoms with van der Waals surface area (Å²) in [6.07, 6.45) is 4.47. The van der Waals surface area contributed by atoms with Crippen LogP contribution in [0.5, 0.6) is 0 Å². The molecule has 14 heavy (non-hydrogen) atoms. The maximum atomic E-state index is 10.7. The molecule has 0 heterocycles. The first-order chi connectivity index (χ1) is 6.44. The van der Waals surface area contributed by atoms with Gasteiger partial charge in [-0.1, -0.05) is 62.7 Å². The van der Waals surface area contributed by atoms with Gasteiger partial charge in [0.2, 0.25) is 4.33 Å². The third-order valence-electron chi connectivity index (χ3n) is 2.40. The molecule has 0 aliphatic heterocycles. The first kappa shape index (κ1) is 14.1. The average Bonchev–Trinajstić information content (AvgIpc) is 2.11. The Morgan fingerprint density at radius 1 is 1.43 bits per heavy atom. The maximum Gasteiger partial charge on any atom is 0.340 e. The zero-order chi connectivity index (χ0) is 11.2. The molecule has 0 saturated heterocycles. The van der Waals surface area contributed by atoms with Crippen molar-refractivity contribution in [3.05, 3.63) is 0 Å². The number of carboxylic acids is 1. The van der Waals surface area contributed by atoms with Gasteiger partial charge in [0.25, 0.3) is 0 Å². The van der Waals surface area contributed by atoms with Crippen LogP contribution in [0, 0.1) is 5.92 Å². The smallest absolute Gasteiger partial charge is 0.340 e. The third kappa shape index (κ3) is 5.06. The van der Waals surface area contributed by atoms with Crippen LogP contribution in [-0.4, -0.2) is 15.4 Å². The van der Waals surface area contributed by atoms with E-state index in [0.717, 1.165) is 25.7 Å². The standard InChI is InChI=1S/C10H18Cl2O2/c1-3-5-6-8(4-2)7-10(11,12)9(13)14/h8H,3-7H2,1-2H3,(H,13,14). The Bertz CT molecular complexity index is 181. The monoisotopic (exact) mass is 240 g/mol. The topological polar surface area (TPSA) is 37.3 Å². The Morgan fingerprint density at radius 3 is 2.36 bits per heavy atom. The summed E-state index contributed by atoms with van der Waals surface area (Å²) in [7, 11) is 0. The molecule has 2 nitrogen and oxygen atoms in total. The van der Waals surface area contributed by atoms with Gasteiger partial charge >= 0.3 is 5.97 Å². The molecule has 0 amide bonds. The molecule has 0 fully saturated rings. The lowest BCUT2D eigenvalue weighted by Crippen LogP contribution is -2.28. The van der Waals surface area contributed by atoms with E-state index in [1.807, 2.05) is 6.92 Å². The van der Waals surface area contributed by atoms with E-state index in [1.165, 1.54) is 0 Å². The highest BCUT2D eigenvalue weighted by atomic mass is 35.5. The van der Waals surface area contributed by atoms with Gasteiger partial charge in [-0.25, -0.2) is 4.79 Å². The zero-order valence-electron chi connectivity index (χ0n) is 8.72. The van der Waals surface area contributed by atoms with Crippen molar-refractivity contribution in [2.75, 3.05) is 0 Å². The van der Waals surface area contributed by atoms with Crippen molar-refractivity contribution in [1.29, 1.82) is 0 Å². The summed E-state index contributed by atoms with van der Waals surface area (Å²) in [4.78, 5) is 10.7. The van der Waals surface area contributed by atoms with Crippen LogP contribution in [0.25, 0.3) is 0 Å². The predicted molar refractivity (Wildman–Crippen MR) is 60.0 cm³/mol. The quantitative estimate of drug-likeness (QED) is 0.687. The summed E-state index contributed by atoms with van der Waals surface area (Å²) >= 11 is 11.4. The first-order valence-corrected chi connectivity index (χ1v) is 5.80. The van der Waals surface area contributed by atoms with E-state index in [2.05, 4.69) is 6.92 Å². The molecule has 0 saturated carbocycles. The molecule has 1 atom stereocenters. The highest BCUT2D eigenvalue weighted by Gasteiger charge is 2.35. The summed E-state index contributed by atoms with van der Waals surface area (Å²) in [5, 5.41) is 8.75. The second-order valence-electron chi connectivity index (χ2n) is 3.63. The molecule has 0 bridgehead atoms. The Morgan fingerprint density at radius 2 is 2.00 bits per heavy atom. The molecule has 0 spiro atoms. The lowest BCUT2D eigenvalue weighted by molar-refractivity contribution is -0.138. The fourth-order valence-electron chi connectivity index (χ4n) is 1.39. The average molecular weight is 241 g/mol. The van der Waals surface area contributed by atoms with E-state index >= 15 is 0 Å². The molecule has 0 aromatic heterocycles.